The number of hydrogen-bond donors (Lipinski definition) is 3. The Hall–Kier alpha value is -2.70. The summed E-state index contributed by atoms with van der Waals surface area (Å²) in [6.45, 7) is 6.38. The maximum Gasteiger partial charge on any atom is 0.306 e. The Morgan fingerprint density at radius 1 is 0.468 bits per heavy atom. The highest BCUT2D eigenvalue weighted by atomic mass is 16.5. The number of nitrogens with one attached hydrogen (secondary N) is 1. The lowest BCUT2D eigenvalue weighted by Gasteiger charge is -2.24. The fourth-order valence-corrected chi connectivity index (χ4v) is 7.63. The van der Waals surface area contributed by atoms with Crippen LogP contribution in [0.2, 0.25) is 0 Å². The Bertz CT molecular complexity index is 1150. The summed E-state index contributed by atoms with van der Waals surface area (Å²) in [6.07, 6.45) is 62.4. The van der Waals surface area contributed by atoms with Crippen molar-refractivity contribution in [2.75, 3.05) is 6.61 Å². The van der Waals surface area contributed by atoms with E-state index < -0.39 is 18.2 Å². The molecule has 0 saturated carbocycles. The number of ether oxygens (including phenoxy) is 1. The van der Waals surface area contributed by atoms with Crippen LogP contribution in [0.15, 0.2) is 72.9 Å². The van der Waals surface area contributed by atoms with Gasteiger partial charge in [-0.3, -0.25) is 9.59 Å². The number of aliphatic hydroxyl groups excluding tert-OH is 2. The first-order chi connectivity index (χ1) is 30.5. The van der Waals surface area contributed by atoms with Crippen LogP contribution in [0.25, 0.3) is 0 Å². The van der Waals surface area contributed by atoms with Gasteiger partial charge in [-0.15, -0.1) is 0 Å². The van der Waals surface area contributed by atoms with E-state index in [1.54, 1.807) is 0 Å². The summed E-state index contributed by atoms with van der Waals surface area (Å²) in [6, 6.07) is -0.714. The Morgan fingerprint density at radius 3 is 1.37 bits per heavy atom. The Kier molecular flexibility index (Phi) is 47.2. The third-order valence-electron chi connectivity index (χ3n) is 11.6. The molecule has 0 radical (unpaired) electrons. The maximum absolute atomic E-state index is 13.2. The Morgan fingerprint density at radius 2 is 0.871 bits per heavy atom. The van der Waals surface area contributed by atoms with Crippen LogP contribution < -0.4 is 5.32 Å². The number of esters is 1. The van der Waals surface area contributed by atoms with Crippen LogP contribution in [-0.2, 0) is 14.3 Å². The Balaban J connectivity index is 4.66. The molecule has 0 aliphatic rings. The summed E-state index contributed by atoms with van der Waals surface area (Å²) in [5.41, 5.74) is 0. The summed E-state index contributed by atoms with van der Waals surface area (Å²) < 4.78 is 5.92. The fraction of sp³-hybridized carbons (Fsp3) is 0.750. The number of aliphatic hydroxyl groups is 2. The molecule has 0 aliphatic heterocycles. The standard InChI is InChI=1S/C56H99NO5/c1-4-7-10-13-16-19-22-24-26-27-28-29-31-34-37-40-43-46-49-56(61)62-52(47-44-41-38-35-33-30-25-23-20-17-14-11-8-5-2)50-55(60)57-53(51-58)54(59)48-45-42-39-36-32-21-18-15-12-9-6-3/h10,13,16,19,22,24,26-30,33,52-54,58-59H,4-9,11-12,14-15,17-18,20-21,23,25,31-32,34-51H2,1-3H3,(H,57,60)/b13-10+,19-16+,24-22+,27-26+,29-28+,33-30+. The van der Waals surface area contributed by atoms with Crippen molar-refractivity contribution >= 4 is 11.9 Å². The minimum absolute atomic E-state index is 0.0541. The van der Waals surface area contributed by atoms with Crippen molar-refractivity contribution in [3.05, 3.63) is 72.9 Å². The van der Waals surface area contributed by atoms with Crippen LogP contribution in [0.4, 0.5) is 0 Å². The molecular weight excluding hydrogens is 767 g/mol. The number of carbonyl (C=O) groups excluding carboxylic acids is 2. The highest BCUT2D eigenvalue weighted by Gasteiger charge is 2.24. The minimum Gasteiger partial charge on any atom is -0.462 e. The van der Waals surface area contributed by atoms with Gasteiger partial charge in [0.1, 0.15) is 6.10 Å². The summed E-state index contributed by atoms with van der Waals surface area (Å²) in [5, 5.41) is 23.7. The van der Waals surface area contributed by atoms with E-state index in [4.69, 9.17) is 4.74 Å². The number of rotatable bonds is 46. The monoisotopic (exact) mass is 866 g/mol. The molecule has 0 aliphatic carbocycles. The van der Waals surface area contributed by atoms with Gasteiger partial charge >= 0.3 is 5.97 Å². The van der Waals surface area contributed by atoms with Crippen molar-refractivity contribution in [1.29, 1.82) is 0 Å². The van der Waals surface area contributed by atoms with Crippen LogP contribution in [-0.4, -0.2) is 46.9 Å². The quantitative estimate of drug-likeness (QED) is 0.0245. The summed E-state index contributed by atoms with van der Waals surface area (Å²) in [7, 11) is 0. The Labute approximate surface area is 383 Å². The zero-order valence-electron chi connectivity index (χ0n) is 40.7. The zero-order chi connectivity index (χ0) is 45.2. The summed E-state index contributed by atoms with van der Waals surface area (Å²) >= 11 is 0. The van der Waals surface area contributed by atoms with Gasteiger partial charge in [0.2, 0.25) is 5.91 Å². The van der Waals surface area contributed by atoms with Crippen LogP contribution >= 0.6 is 0 Å². The molecule has 3 atom stereocenters. The van der Waals surface area contributed by atoms with Crippen molar-refractivity contribution in [3.63, 3.8) is 0 Å². The highest BCUT2D eigenvalue weighted by Crippen LogP contribution is 2.17. The molecule has 0 aromatic carbocycles. The molecule has 1 amide bonds. The smallest absolute Gasteiger partial charge is 0.306 e. The molecule has 0 aromatic heterocycles. The SMILES string of the molecule is CCC/C=C/C=C/C=C/C=C/C=C/CCCCCCCC(=O)OC(CCCCC/C=C/CCCCCCCCC)CC(=O)NC(CO)C(O)CCCCCCCCCCCCC. The molecule has 0 heterocycles. The van der Waals surface area contributed by atoms with Crippen molar-refractivity contribution in [3.8, 4) is 0 Å². The van der Waals surface area contributed by atoms with Crippen LogP contribution in [0.3, 0.4) is 0 Å². The van der Waals surface area contributed by atoms with Crippen molar-refractivity contribution < 1.29 is 24.5 Å². The molecule has 3 N–H and O–H groups in total. The van der Waals surface area contributed by atoms with Gasteiger partial charge in [-0.1, -0.05) is 235 Å². The molecular formula is C56H99NO5. The maximum atomic E-state index is 13.2. The minimum atomic E-state index is -0.798. The third-order valence-corrected chi connectivity index (χ3v) is 11.6. The number of carbonyl (C=O) groups is 2. The molecule has 0 fully saturated rings. The average Bonchev–Trinajstić information content (AvgIpc) is 3.26. The lowest BCUT2D eigenvalue weighted by atomic mass is 10.0. The van der Waals surface area contributed by atoms with E-state index in [9.17, 15) is 19.8 Å². The average molecular weight is 866 g/mol. The normalized spacial score (nSPS) is 13.8. The van der Waals surface area contributed by atoms with Crippen molar-refractivity contribution in [1.82, 2.24) is 5.32 Å². The van der Waals surface area contributed by atoms with E-state index in [2.05, 4.69) is 74.7 Å². The first-order valence-corrected chi connectivity index (χ1v) is 26.2. The van der Waals surface area contributed by atoms with Gasteiger partial charge in [-0.05, 0) is 70.6 Å². The van der Waals surface area contributed by atoms with E-state index in [1.807, 2.05) is 24.3 Å². The second-order valence-electron chi connectivity index (χ2n) is 17.7. The third kappa shape index (κ3) is 43.9. The van der Waals surface area contributed by atoms with E-state index in [1.165, 1.54) is 103 Å². The molecule has 0 rings (SSSR count). The topological polar surface area (TPSA) is 95.9 Å². The summed E-state index contributed by atoms with van der Waals surface area (Å²) in [4.78, 5) is 26.2. The van der Waals surface area contributed by atoms with E-state index in [0.717, 1.165) is 96.3 Å². The molecule has 0 saturated heterocycles. The van der Waals surface area contributed by atoms with Gasteiger partial charge in [0, 0.05) is 6.42 Å². The van der Waals surface area contributed by atoms with E-state index in [0.29, 0.717) is 19.3 Å². The number of amides is 1. The van der Waals surface area contributed by atoms with Gasteiger partial charge in [0.05, 0.1) is 25.2 Å². The van der Waals surface area contributed by atoms with Crippen LogP contribution in [0, 0.1) is 0 Å². The van der Waals surface area contributed by atoms with E-state index in [-0.39, 0.29) is 24.9 Å². The lowest BCUT2D eigenvalue weighted by molar-refractivity contribution is -0.151. The summed E-state index contributed by atoms with van der Waals surface area (Å²) in [5.74, 6) is -0.518. The number of allylic oxidation sites excluding steroid dienone is 12. The molecule has 62 heavy (non-hydrogen) atoms. The highest BCUT2D eigenvalue weighted by molar-refractivity contribution is 5.77. The van der Waals surface area contributed by atoms with Crippen molar-refractivity contribution in [2.45, 2.75) is 264 Å². The first kappa shape index (κ1) is 59.3. The second kappa shape index (κ2) is 49.3. The van der Waals surface area contributed by atoms with E-state index >= 15 is 0 Å². The van der Waals surface area contributed by atoms with Gasteiger partial charge in [-0.2, -0.15) is 0 Å². The van der Waals surface area contributed by atoms with Gasteiger partial charge in [0.25, 0.3) is 0 Å². The van der Waals surface area contributed by atoms with Crippen molar-refractivity contribution in [2.24, 2.45) is 0 Å². The molecule has 6 nitrogen and oxygen atoms in total. The zero-order valence-corrected chi connectivity index (χ0v) is 40.7. The predicted molar refractivity (Wildman–Crippen MR) is 268 cm³/mol. The van der Waals surface area contributed by atoms with Gasteiger partial charge in [-0.25, -0.2) is 0 Å². The van der Waals surface area contributed by atoms with Gasteiger partial charge < -0.3 is 20.3 Å². The van der Waals surface area contributed by atoms with Gasteiger partial charge in [0.15, 0.2) is 0 Å². The molecule has 0 spiro atoms. The fourth-order valence-electron chi connectivity index (χ4n) is 7.63. The number of hydrogen-bond acceptors (Lipinski definition) is 5. The first-order valence-electron chi connectivity index (χ1n) is 26.2. The molecule has 3 unspecified atom stereocenters. The predicted octanol–water partition coefficient (Wildman–Crippen LogP) is 15.8. The van der Waals surface area contributed by atoms with Crippen LogP contribution in [0.1, 0.15) is 245 Å². The van der Waals surface area contributed by atoms with Crippen LogP contribution in [0.5, 0.6) is 0 Å². The largest absolute Gasteiger partial charge is 0.462 e. The lowest BCUT2D eigenvalue weighted by Crippen LogP contribution is -2.46. The number of unbranched alkanes of at least 4 members (excludes halogenated alkanes) is 26. The molecule has 358 valence electrons. The molecule has 0 aromatic rings. The second-order valence-corrected chi connectivity index (χ2v) is 17.7. The molecule has 0 bridgehead atoms. The molecule has 6 heteroatoms.